The standard InChI is InChI=1S/C19H15BrNO2.BrH/c1-22-17-10-15-14(18(20)19(17)23-2)7-6-12-9-13-5-3-4-8-21(13)11-16(12)15;/h3-11H,1-2H3;1H/q+1;/p-1. The highest BCUT2D eigenvalue weighted by molar-refractivity contribution is 9.10. The molecule has 0 fully saturated rings. The average molecular weight is 449 g/mol. The topological polar surface area (TPSA) is 22.6 Å². The van der Waals surface area contributed by atoms with E-state index in [4.69, 9.17) is 9.47 Å². The molecule has 0 saturated heterocycles. The lowest BCUT2D eigenvalue weighted by molar-refractivity contribution is -0.510. The van der Waals surface area contributed by atoms with Crippen LogP contribution in [0.1, 0.15) is 0 Å². The largest absolute Gasteiger partial charge is 1.00 e. The van der Waals surface area contributed by atoms with Crippen LogP contribution < -0.4 is 30.9 Å². The van der Waals surface area contributed by atoms with E-state index in [0.717, 1.165) is 21.0 Å². The van der Waals surface area contributed by atoms with Crippen LogP contribution in [0.15, 0.2) is 59.3 Å². The van der Waals surface area contributed by atoms with Crippen molar-refractivity contribution in [3.05, 3.63) is 59.3 Å². The van der Waals surface area contributed by atoms with Crippen LogP contribution in [0.25, 0.3) is 27.1 Å². The number of benzene rings is 2. The van der Waals surface area contributed by atoms with Crippen LogP contribution in [-0.4, -0.2) is 14.2 Å². The Kier molecular flexibility index (Phi) is 4.65. The molecule has 2 heterocycles. The van der Waals surface area contributed by atoms with Gasteiger partial charge in [-0.15, -0.1) is 0 Å². The predicted molar refractivity (Wildman–Crippen MR) is 95.4 cm³/mol. The van der Waals surface area contributed by atoms with E-state index in [0.29, 0.717) is 5.75 Å². The Morgan fingerprint density at radius 1 is 0.917 bits per heavy atom. The van der Waals surface area contributed by atoms with Gasteiger partial charge in [0.25, 0.3) is 0 Å². The summed E-state index contributed by atoms with van der Waals surface area (Å²) in [5.41, 5.74) is 1.17. The van der Waals surface area contributed by atoms with Crippen LogP contribution in [0.3, 0.4) is 0 Å². The molecule has 2 aromatic carbocycles. The van der Waals surface area contributed by atoms with Gasteiger partial charge in [-0.3, -0.25) is 0 Å². The molecule has 0 aliphatic rings. The van der Waals surface area contributed by atoms with E-state index >= 15 is 0 Å². The SMILES string of the molecule is COc1cc2c(ccc3cc4cccc[n+]4cc32)c(Br)c1OC.[Br-]. The van der Waals surface area contributed by atoms with Gasteiger partial charge in [0.1, 0.15) is 0 Å². The van der Waals surface area contributed by atoms with Gasteiger partial charge in [0.2, 0.25) is 5.52 Å². The molecule has 4 rings (SSSR count). The van der Waals surface area contributed by atoms with Crippen molar-refractivity contribution in [2.24, 2.45) is 0 Å². The fraction of sp³-hybridized carbons (Fsp3) is 0.105. The van der Waals surface area contributed by atoms with Gasteiger partial charge < -0.3 is 26.5 Å². The van der Waals surface area contributed by atoms with Crippen molar-refractivity contribution in [1.29, 1.82) is 0 Å². The summed E-state index contributed by atoms with van der Waals surface area (Å²) < 4.78 is 14.0. The van der Waals surface area contributed by atoms with Gasteiger partial charge in [0.15, 0.2) is 23.9 Å². The van der Waals surface area contributed by atoms with Crippen molar-refractivity contribution in [3.8, 4) is 11.5 Å². The van der Waals surface area contributed by atoms with Gasteiger partial charge >= 0.3 is 0 Å². The molecule has 0 saturated carbocycles. The average Bonchev–Trinajstić information content (AvgIpc) is 2.59. The Labute approximate surface area is 158 Å². The van der Waals surface area contributed by atoms with E-state index in [2.05, 4.69) is 57.0 Å². The molecule has 3 nitrogen and oxygen atoms in total. The van der Waals surface area contributed by atoms with Crippen LogP contribution >= 0.6 is 15.9 Å². The number of hydrogen-bond acceptors (Lipinski definition) is 2. The number of hydrogen-bond donors (Lipinski definition) is 0. The number of rotatable bonds is 2. The van der Waals surface area contributed by atoms with Crippen molar-refractivity contribution < 1.29 is 30.9 Å². The van der Waals surface area contributed by atoms with Gasteiger partial charge in [0.05, 0.1) is 24.1 Å². The molecule has 0 bridgehead atoms. The minimum atomic E-state index is 0. The number of pyridine rings is 2. The smallest absolute Gasteiger partial charge is 0.211 e. The first-order chi connectivity index (χ1) is 11.2. The molecule has 4 aromatic rings. The second-order valence-electron chi connectivity index (χ2n) is 5.40. The first-order valence-electron chi connectivity index (χ1n) is 7.30. The highest BCUT2D eigenvalue weighted by Crippen LogP contribution is 2.43. The molecule has 0 radical (unpaired) electrons. The molecule has 0 unspecified atom stereocenters. The molecule has 0 aliphatic heterocycles. The van der Waals surface area contributed by atoms with Crippen molar-refractivity contribution >= 4 is 43.0 Å². The number of aromatic nitrogens is 1. The summed E-state index contributed by atoms with van der Waals surface area (Å²) in [4.78, 5) is 0. The number of halogens is 2. The molecular formula is C19H15Br2NO2. The molecule has 0 spiro atoms. The highest BCUT2D eigenvalue weighted by atomic mass is 79.9. The summed E-state index contributed by atoms with van der Waals surface area (Å²) in [6.07, 6.45) is 4.22. The van der Waals surface area contributed by atoms with E-state index in [1.54, 1.807) is 14.2 Å². The quantitative estimate of drug-likeness (QED) is 0.263. The third-order valence-corrected chi connectivity index (χ3v) is 4.96. The number of methoxy groups -OCH3 is 2. The van der Waals surface area contributed by atoms with Crippen LogP contribution in [0.4, 0.5) is 0 Å². The van der Waals surface area contributed by atoms with Gasteiger partial charge in [-0.05, 0) is 33.4 Å². The maximum atomic E-state index is 5.50. The molecule has 122 valence electrons. The van der Waals surface area contributed by atoms with Crippen LogP contribution in [0.5, 0.6) is 11.5 Å². The van der Waals surface area contributed by atoms with E-state index in [1.165, 1.54) is 16.3 Å². The van der Waals surface area contributed by atoms with E-state index in [1.807, 2.05) is 18.2 Å². The van der Waals surface area contributed by atoms with Gasteiger partial charge in [-0.2, -0.15) is 4.40 Å². The van der Waals surface area contributed by atoms with Crippen LogP contribution in [0.2, 0.25) is 0 Å². The van der Waals surface area contributed by atoms with Gasteiger partial charge in [-0.25, -0.2) is 0 Å². The van der Waals surface area contributed by atoms with Crippen molar-refractivity contribution in [2.75, 3.05) is 14.2 Å². The van der Waals surface area contributed by atoms with Crippen molar-refractivity contribution in [2.45, 2.75) is 0 Å². The normalized spacial score (nSPS) is 10.8. The fourth-order valence-electron chi connectivity index (χ4n) is 3.05. The number of ether oxygens (including phenoxy) is 2. The third kappa shape index (κ3) is 2.52. The van der Waals surface area contributed by atoms with E-state index < -0.39 is 0 Å². The Morgan fingerprint density at radius 3 is 2.50 bits per heavy atom. The molecule has 24 heavy (non-hydrogen) atoms. The monoisotopic (exact) mass is 447 g/mol. The lowest BCUT2D eigenvalue weighted by Crippen LogP contribution is -3.00. The van der Waals surface area contributed by atoms with Crippen molar-refractivity contribution in [3.63, 3.8) is 0 Å². The minimum absolute atomic E-state index is 0. The summed E-state index contributed by atoms with van der Waals surface area (Å²) in [7, 11) is 3.31. The highest BCUT2D eigenvalue weighted by Gasteiger charge is 2.16. The summed E-state index contributed by atoms with van der Waals surface area (Å²) in [5, 5.41) is 4.60. The molecule has 0 atom stereocenters. The van der Waals surface area contributed by atoms with Gasteiger partial charge in [0, 0.05) is 29.0 Å². The van der Waals surface area contributed by atoms with Crippen molar-refractivity contribution in [1.82, 2.24) is 0 Å². The van der Waals surface area contributed by atoms with Crippen LogP contribution in [-0.2, 0) is 0 Å². The Morgan fingerprint density at radius 2 is 1.75 bits per heavy atom. The minimum Gasteiger partial charge on any atom is -1.00 e. The lowest BCUT2D eigenvalue weighted by atomic mass is 10.0. The Balaban J connectivity index is 0.00000169. The zero-order valence-corrected chi connectivity index (χ0v) is 16.4. The second kappa shape index (κ2) is 6.57. The van der Waals surface area contributed by atoms with Crippen LogP contribution in [0, 0.1) is 0 Å². The summed E-state index contributed by atoms with van der Waals surface area (Å²) >= 11 is 3.66. The first-order valence-corrected chi connectivity index (χ1v) is 8.09. The molecule has 0 N–H and O–H groups in total. The van der Waals surface area contributed by atoms with E-state index in [-0.39, 0.29) is 17.0 Å². The maximum absolute atomic E-state index is 5.50. The summed E-state index contributed by atoms with van der Waals surface area (Å²) in [5.74, 6) is 1.44. The predicted octanol–water partition coefficient (Wildman–Crippen LogP) is 1.52. The third-order valence-electron chi connectivity index (χ3n) is 4.17. The molecule has 2 aromatic heterocycles. The summed E-state index contributed by atoms with van der Waals surface area (Å²) in [6, 6.07) is 14.7. The molecule has 0 aliphatic carbocycles. The number of nitrogens with zero attached hydrogens (tertiary/aromatic N) is 1. The van der Waals surface area contributed by atoms with Gasteiger partial charge in [-0.1, -0.05) is 12.1 Å². The molecule has 5 heteroatoms. The lowest BCUT2D eigenvalue weighted by Gasteiger charge is -2.13. The Hall–Kier alpha value is -1.85. The number of fused-ring (bicyclic) bond motifs is 4. The second-order valence-corrected chi connectivity index (χ2v) is 6.19. The van der Waals surface area contributed by atoms with E-state index in [9.17, 15) is 0 Å². The Bertz CT molecular complexity index is 1060. The first kappa shape index (κ1) is 17.0. The summed E-state index contributed by atoms with van der Waals surface area (Å²) in [6.45, 7) is 0. The zero-order chi connectivity index (χ0) is 16.0. The fourth-order valence-corrected chi connectivity index (χ4v) is 3.75. The zero-order valence-electron chi connectivity index (χ0n) is 13.2. The molecular weight excluding hydrogens is 434 g/mol. The maximum Gasteiger partial charge on any atom is 0.211 e. The molecule has 0 amide bonds.